The highest BCUT2D eigenvalue weighted by Crippen LogP contribution is 2.29. The van der Waals surface area contributed by atoms with E-state index < -0.39 is 0 Å². The van der Waals surface area contributed by atoms with E-state index in [1.807, 2.05) is 31.2 Å². The summed E-state index contributed by atoms with van der Waals surface area (Å²) in [5.74, 6) is 0.424. The lowest BCUT2D eigenvalue weighted by atomic mass is 9.92. The van der Waals surface area contributed by atoms with Crippen molar-refractivity contribution in [2.45, 2.75) is 19.8 Å². The second kappa shape index (κ2) is 4.41. The summed E-state index contributed by atoms with van der Waals surface area (Å²) in [6.07, 6.45) is 1.78. The van der Waals surface area contributed by atoms with Gasteiger partial charge in [0.2, 0.25) is 0 Å². The lowest BCUT2D eigenvalue weighted by Gasteiger charge is -2.10. The summed E-state index contributed by atoms with van der Waals surface area (Å²) in [5.41, 5.74) is 4.64. The molecule has 90 valence electrons. The van der Waals surface area contributed by atoms with Crippen molar-refractivity contribution < 1.29 is 4.79 Å². The van der Waals surface area contributed by atoms with Crippen LogP contribution in [0.5, 0.6) is 0 Å². The summed E-state index contributed by atoms with van der Waals surface area (Å²) in [6.45, 7) is 2.01. The van der Waals surface area contributed by atoms with Gasteiger partial charge in [-0.05, 0) is 36.5 Å². The van der Waals surface area contributed by atoms with Gasteiger partial charge in [-0.1, -0.05) is 48.5 Å². The molecule has 1 aliphatic carbocycles. The van der Waals surface area contributed by atoms with Gasteiger partial charge in [0.25, 0.3) is 0 Å². The molecule has 0 spiro atoms. The van der Waals surface area contributed by atoms with Crippen LogP contribution in [0.2, 0.25) is 0 Å². The van der Waals surface area contributed by atoms with Gasteiger partial charge in [-0.2, -0.15) is 0 Å². The molecule has 0 aromatic heterocycles. The minimum Gasteiger partial charge on any atom is -0.294 e. The van der Waals surface area contributed by atoms with Gasteiger partial charge in [0.1, 0.15) is 0 Å². The van der Waals surface area contributed by atoms with Crippen molar-refractivity contribution in [1.82, 2.24) is 0 Å². The second-order valence-corrected chi connectivity index (χ2v) is 5.05. The molecule has 0 radical (unpaired) electrons. The van der Waals surface area contributed by atoms with E-state index in [0.29, 0.717) is 5.78 Å². The molecule has 1 heteroatoms. The maximum absolute atomic E-state index is 12.5. The van der Waals surface area contributed by atoms with Crippen LogP contribution in [0.3, 0.4) is 0 Å². The van der Waals surface area contributed by atoms with Gasteiger partial charge in [0, 0.05) is 11.5 Å². The molecule has 0 saturated heterocycles. The standard InChI is InChI=1S/C17H16O/c1-12-6-2-5-9-16(12)17(18)15-10-13-7-3-4-8-14(13)11-15/h2-9,15H,10-11H2,1H3. The minimum atomic E-state index is 0.128. The van der Waals surface area contributed by atoms with E-state index in [4.69, 9.17) is 0 Å². The lowest BCUT2D eigenvalue weighted by molar-refractivity contribution is 0.0924. The number of benzene rings is 2. The highest BCUT2D eigenvalue weighted by Gasteiger charge is 2.28. The summed E-state index contributed by atoms with van der Waals surface area (Å²) < 4.78 is 0. The Morgan fingerprint density at radius 1 is 0.944 bits per heavy atom. The molecule has 2 aromatic carbocycles. The highest BCUT2D eigenvalue weighted by molar-refractivity contribution is 5.99. The summed E-state index contributed by atoms with van der Waals surface area (Å²) >= 11 is 0. The van der Waals surface area contributed by atoms with E-state index in [-0.39, 0.29) is 5.92 Å². The lowest BCUT2D eigenvalue weighted by Crippen LogP contribution is -2.16. The molecule has 2 aromatic rings. The molecule has 0 amide bonds. The molecule has 1 aliphatic rings. The molecular weight excluding hydrogens is 220 g/mol. The van der Waals surface area contributed by atoms with Crippen molar-refractivity contribution in [3.05, 3.63) is 70.8 Å². The van der Waals surface area contributed by atoms with Gasteiger partial charge in [0.15, 0.2) is 5.78 Å². The minimum absolute atomic E-state index is 0.128. The second-order valence-electron chi connectivity index (χ2n) is 5.05. The first-order chi connectivity index (χ1) is 8.75. The number of rotatable bonds is 2. The molecule has 0 heterocycles. The molecule has 0 unspecified atom stereocenters. The van der Waals surface area contributed by atoms with Crippen LogP contribution in [0.25, 0.3) is 0 Å². The normalized spacial score (nSPS) is 14.5. The molecule has 1 nitrogen and oxygen atoms in total. The fourth-order valence-corrected chi connectivity index (χ4v) is 2.81. The molecule has 0 N–H and O–H groups in total. The molecule has 0 atom stereocenters. The van der Waals surface area contributed by atoms with Gasteiger partial charge >= 0.3 is 0 Å². The van der Waals surface area contributed by atoms with Gasteiger partial charge < -0.3 is 0 Å². The number of hydrogen-bond acceptors (Lipinski definition) is 1. The number of carbonyl (C=O) groups excluding carboxylic acids is 1. The first-order valence-corrected chi connectivity index (χ1v) is 6.42. The predicted octanol–water partition coefficient (Wildman–Crippen LogP) is 3.59. The summed E-state index contributed by atoms with van der Waals surface area (Å²) in [7, 11) is 0. The average Bonchev–Trinajstić information content (AvgIpc) is 2.82. The topological polar surface area (TPSA) is 17.1 Å². The number of Topliss-reactive ketones (excluding diaryl/α,β-unsaturated/α-hetero) is 1. The van der Waals surface area contributed by atoms with E-state index in [2.05, 4.69) is 24.3 Å². The number of aryl methyl sites for hydroxylation is 1. The van der Waals surface area contributed by atoms with Crippen molar-refractivity contribution in [3.63, 3.8) is 0 Å². The third-order valence-corrected chi connectivity index (χ3v) is 3.83. The first kappa shape index (κ1) is 11.2. The smallest absolute Gasteiger partial charge is 0.166 e. The van der Waals surface area contributed by atoms with Gasteiger partial charge in [0.05, 0.1) is 0 Å². The Kier molecular flexibility index (Phi) is 2.75. The molecule has 0 saturated carbocycles. The highest BCUT2D eigenvalue weighted by atomic mass is 16.1. The van der Waals surface area contributed by atoms with E-state index in [0.717, 1.165) is 24.0 Å². The van der Waals surface area contributed by atoms with Crippen LogP contribution >= 0.6 is 0 Å². The SMILES string of the molecule is Cc1ccccc1C(=O)C1Cc2ccccc2C1. The Morgan fingerprint density at radius 2 is 1.50 bits per heavy atom. The van der Waals surface area contributed by atoms with Gasteiger partial charge in [-0.15, -0.1) is 0 Å². The maximum Gasteiger partial charge on any atom is 0.166 e. The fraction of sp³-hybridized carbons (Fsp3) is 0.235. The van der Waals surface area contributed by atoms with E-state index in [1.54, 1.807) is 0 Å². The first-order valence-electron chi connectivity index (χ1n) is 6.42. The van der Waals surface area contributed by atoms with Crippen LogP contribution in [0.4, 0.5) is 0 Å². The van der Waals surface area contributed by atoms with Crippen molar-refractivity contribution >= 4 is 5.78 Å². The Hall–Kier alpha value is -1.89. The molecular formula is C17H16O. The Labute approximate surface area is 107 Å². The van der Waals surface area contributed by atoms with Crippen molar-refractivity contribution in [3.8, 4) is 0 Å². The monoisotopic (exact) mass is 236 g/mol. The van der Waals surface area contributed by atoms with Crippen LogP contribution < -0.4 is 0 Å². The molecule has 18 heavy (non-hydrogen) atoms. The summed E-state index contributed by atoms with van der Waals surface area (Å²) in [4.78, 5) is 12.5. The summed E-state index contributed by atoms with van der Waals surface area (Å²) in [6, 6.07) is 16.3. The average molecular weight is 236 g/mol. The van der Waals surface area contributed by atoms with Crippen LogP contribution in [0, 0.1) is 12.8 Å². The third kappa shape index (κ3) is 1.86. The molecule has 0 fully saturated rings. The van der Waals surface area contributed by atoms with Crippen molar-refractivity contribution in [2.24, 2.45) is 5.92 Å². The zero-order valence-corrected chi connectivity index (χ0v) is 10.5. The van der Waals surface area contributed by atoms with E-state index in [1.165, 1.54) is 11.1 Å². The molecule has 0 bridgehead atoms. The number of carbonyl (C=O) groups is 1. The predicted molar refractivity (Wildman–Crippen MR) is 72.8 cm³/mol. The quantitative estimate of drug-likeness (QED) is 0.728. The third-order valence-electron chi connectivity index (χ3n) is 3.83. The van der Waals surface area contributed by atoms with Crippen LogP contribution in [0.15, 0.2) is 48.5 Å². The maximum atomic E-state index is 12.5. The van der Waals surface area contributed by atoms with Crippen LogP contribution in [0.1, 0.15) is 27.0 Å². The number of ketones is 1. The van der Waals surface area contributed by atoms with E-state index >= 15 is 0 Å². The van der Waals surface area contributed by atoms with Crippen molar-refractivity contribution in [2.75, 3.05) is 0 Å². The number of fused-ring (bicyclic) bond motifs is 1. The Morgan fingerprint density at radius 3 is 2.11 bits per heavy atom. The Balaban J connectivity index is 1.87. The molecule has 3 rings (SSSR count). The van der Waals surface area contributed by atoms with E-state index in [9.17, 15) is 4.79 Å². The van der Waals surface area contributed by atoms with Gasteiger partial charge in [-0.25, -0.2) is 0 Å². The van der Waals surface area contributed by atoms with Crippen LogP contribution in [-0.2, 0) is 12.8 Å². The van der Waals surface area contributed by atoms with Gasteiger partial charge in [-0.3, -0.25) is 4.79 Å². The zero-order valence-electron chi connectivity index (χ0n) is 10.5. The van der Waals surface area contributed by atoms with Crippen LogP contribution in [-0.4, -0.2) is 5.78 Å². The zero-order chi connectivity index (χ0) is 12.5. The van der Waals surface area contributed by atoms with Crippen molar-refractivity contribution in [1.29, 1.82) is 0 Å². The Bertz CT molecular complexity index is 573. The largest absolute Gasteiger partial charge is 0.294 e. The molecule has 0 aliphatic heterocycles. The number of hydrogen-bond donors (Lipinski definition) is 0. The fourth-order valence-electron chi connectivity index (χ4n) is 2.81. The summed E-state index contributed by atoms with van der Waals surface area (Å²) in [5, 5.41) is 0.